The molecule has 2 heteroatoms. The van der Waals surface area contributed by atoms with Gasteiger partial charge in [0.2, 0.25) is 0 Å². The monoisotopic (exact) mass is 159 g/mol. The topological polar surface area (TPSA) is 23.8 Å². The standard InChI is InChI=1S/C10H6FN/c11-7-3-6-9-4-1-2-5-10(9)8-12/h1-2,4-5H,7H2. The van der Waals surface area contributed by atoms with E-state index in [4.69, 9.17) is 5.26 Å². The highest BCUT2D eigenvalue weighted by Gasteiger charge is 1.94. The summed E-state index contributed by atoms with van der Waals surface area (Å²) in [5, 5.41) is 8.61. The second kappa shape index (κ2) is 4.16. The first-order valence-corrected chi connectivity index (χ1v) is 3.42. The van der Waals surface area contributed by atoms with Gasteiger partial charge in [0.05, 0.1) is 5.56 Å². The summed E-state index contributed by atoms with van der Waals surface area (Å²) in [4.78, 5) is 0. The first-order valence-electron chi connectivity index (χ1n) is 3.42. The quantitative estimate of drug-likeness (QED) is 0.530. The second-order valence-electron chi connectivity index (χ2n) is 2.09. The Balaban J connectivity index is 3.07. The maximum Gasteiger partial charge on any atom is 0.150 e. The van der Waals surface area contributed by atoms with Gasteiger partial charge in [-0.2, -0.15) is 5.26 Å². The zero-order chi connectivity index (χ0) is 8.81. The summed E-state index contributed by atoms with van der Waals surface area (Å²) in [5.41, 5.74) is 1.07. The molecular weight excluding hydrogens is 153 g/mol. The summed E-state index contributed by atoms with van der Waals surface area (Å²) in [7, 11) is 0. The van der Waals surface area contributed by atoms with Gasteiger partial charge in [0, 0.05) is 5.56 Å². The Morgan fingerprint density at radius 2 is 1.92 bits per heavy atom. The van der Waals surface area contributed by atoms with Gasteiger partial charge in [-0.3, -0.25) is 0 Å². The normalized spacial score (nSPS) is 8.00. The summed E-state index contributed by atoms with van der Waals surface area (Å²) < 4.78 is 11.7. The molecule has 0 spiro atoms. The van der Waals surface area contributed by atoms with Gasteiger partial charge in [-0.05, 0) is 12.1 Å². The van der Waals surface area contributed by atoms with Crippen molar-refractivity contribution in [1.29, 1.82) is 5.26 Å². The third-order valence-electron chi connectivity index (χ3n) is 1.34. The number of halogens is 1. The van der Waals surface area contributed by atoms with Crippen LogP contribution in [0.2, 0.25) is 0 Å². The summed E-state index contributed by atoms with van der Waals surface area (Å²) in [6.07, 6.45) is 0. The van der Waals surface area contributed by atoms with Crippen molar-refractivity contribution < 1.29 is 4.39 Å². The predicted octanol–water partition coefficient (Wildman–Crippen LogP) is 1.88. The number of rotatable bonds is 0. The molecular formula is C10H6FN. The first-order chi connectivity index (χ1) is 5.88. The number of hydrogen-bond acceptors (Lipinski definition) is 1. The van der Waals surface area contributed by atoms with Crippen molar-refractivity contribution >= 4 is 0 Å². The van der Waals surface area contributed by atoms with Crippen molar-refractivity contribution in [1.82, 2.24) is 0 Å². The van der Waals surface area contributed by atoms with Gasteiger partial charge in [-0.15, -0.1) is 0 Å². The highest BCUT2D eigenvalue weighted by atomic mass is 19.1. The molecule has 0 aliphatic rings. The van der Waals surface area contributed by atoms with Crippen molar-refractivity contribution in [3.8, 4) is 17.9 Å². The SMILES string of the molecule is N#Cc1ccccc1C#CCF. The van der Waals surface area contributed by atoms with Crippen LogP contribution in [0.3, 0.4) is 0 Å². The molecule has 0 atom stereocenters. The van der Waals surface area contributed by atoms with E-state index in [1.165, 1.54) is 0 Å². The van der Waals surface area contributed by atoms with Crippen LogP contribution in [0.4, 0.5) is 4.39 Å². The number of hydrogen-bond donors (Lipinski definition) is 0. The Bertz CT molecular complexity index is 365. The van der Waals surface area contributed by atoms with E-state index in [0.717, 1.165) is 0 Å². The molecule has 0 saturated heterocycles. The molecule has 0 aliphatic carbocycles. The highest BCUT2D eigenvalue weighted by Crippen LogP contribution is 2.04. The summed E-state index contributed by atoms with van der Waals surface area (Å²) in [6, 6.07) is 8.85. The molecule has 0 unspecified atom stereocenters. The molecule has 58 valence electrons. The van der Waals surface area contributed by atoms with Crippen molar-refractivity contribution in [2.24, 2.45) is 0 Å². The highest BCUT2D eigenvalue weighted by molar-refractivity contribution is 5.47. The van der Waals surface area contributed by atoms with Crippen LogP contribution in [-0.2, 0) is 0 Å². The van der Waals surface area contributed by atoms with Gasteiger partial charge in [-0.1, -0.05) is 24.0 Å². The van der Waals surface area contributed by atoms with Gasteiger partial charge in [0.25, 0.3) is 0 Å². The summed E-state index contributed by atoms with van der Waals surface area (Å²) in [6.45, 7) is -0.681. The van der Waals surface area contributed by atoms with Crippen LogP contribution in [-0.4, -0.2) is 6.67 Å². The van der Waals surface area contributed by atoms with E-state index in [1.807, 2.05) is 6.07 Å². The molecule has 0 fully saturated rings. The van der Waals surface area contributed by atoms with Crippen molar-refractivity contribution in [2.45, 2.75) is 0 Å². The maximum absolute atomic E-state index is 11.7. The van der Waals surface area contributed by atoms with Gasteiger partial charge in [0.1, 0.15) is 6.07 Å². The fourth-order valence-corrected chi connectivity index (χ4v) is 0.818. The van der Waals surface area contributed by atoms with Crippen molar-refractivity contribution in [3.05, 3.63) is 35.4 Å². The van der Waals surface area contributed by atoms with Gasteiger partial charge in [-0.25, -0.2) is 4.39 Å². The molecule has 1 rings (SSSR count). The average molecular weight is 159 g/mol. The third kappa shape index (κ3) is 1.84. The zero-order valence-corrected chi connectivity index (χ0v) is 6.34. The van der Waals surface area contributed by atoms with Gasteiger partial charge in [0.15, 0.2) is 6.67 Å². The molecule has 1 nitrogen and oxygen atoms in total. The van der Waals surface area contributed by atoms with E-state index in [1.54, 1.807) is 24.3 Å². The lowest BCUT2D eigenvalue weighted by molar-refractivity contribution is 0.573. The Kier molecular flexibility index (Phi) is 2.87. The minimum absolute atomic E-state index is 0.485. The van der Waals surface area contributed by atoms with Gasteiger partial charge >= 0.3 is 0 Å². The Hall–Kier alpha value is -1.80. The fourth-order valence-electron chi connectivity index (χ4n) is 0.818. The number of benzene rings is 1. The molecule has 1 aromatic rings. The predicted molar refractivity (Wildman–Crippen MR) is 44.0 cm³/mol. The Morgan fingerprint density at radius 3 is 2.50 bits per heavy atom. The molecule has 0 amide bonds. The van der Waals surface area contributed by atoms with Crippen LogP contribution in [0.5, 0.6) is 0 Å². The van der Waals surface area contributed by atoms with E-state index in [0.29, 0.717) is 11.1 Å². The molecule has 0 saturated carbocycles. The molecule has 0 heterocycles. The Morgan fingerprint density at radius 1 is 1.25 bits per heavy atom. The maximum atomic E-state index is 11.7. The van der Waals surface area contributed by atoms with E-state index in [9.17, 15) is 4.39 Å². The largest absolute Gasteiger partial charge is 0.237 e. The number of nitriles is 1. The zero-order valence-electron chi connectivity index (χ0n) is 6.34. The average Bonchev–Trinajstić information content (AvgIpc) is 2.15. The van der Waals surface area contributed by atoms with Crippen molar-refractivity contribution in [3.63, 3.8) is 0 Å². The van der Waals surface area contributed by atoms with Crippen LogP contribution in [0, 0.1) is 23.2 Å². The third-order valence-corrected chi connectivity index (χ3v) is 1.34. The summed E-state index contributed by atoms with van der Waals surface area (Å²) >= 11 is 0. The second-order valence-corrected chi connectivity index (χ2v) is 2.09. The summed E-state index contributed by atoms with van der Waals surface area (Å²) in [5.74, 6) is 4.84. The lowest BCUT2D eigenvalue weighted by Gasteiger charge is -1.91. The number of alkyl halides is 1. The molecule has 0 N–H and O–H groups in total. The van der Waals surface area contributed by atoms with Crippen LogP contribution in [0.1, 0.15) is 11.1 Å². The molecule has 0 aromatic heterocycles. The van der Waals surface area contributed by atoms with Crippen molar-refractivity contribution in [2.75, 3.05) is 6.67 Å². The van der Waals surface area contributed by atoms with Crippen LogP contribution in [0.15, 0.2) is 24.3 Å². The minimum Gasteiger partial charge on any atom is -0.237 e. The molecule has 12 heavy (non-hydrogen) atoms. The minimum atomic E-state index is -0.681. The van der Waals surface area contributed by atoms with Crippen LogP contribution < -0.4 is 0 Å². The molecule has 1 aromatic carbocycles. The first kappa shape index (κ1) is 8.30. The smallest absolute Gasteiger partial charge is 0.150 e. The lowest BCUT2D eigenvalue weighted by atomic mass is 10.1. The van der Waals surface area contributed by atoms with E-state index in [2.05, 4.69) is 11.8 Å². The Labute approximate surface area is 70.4 Å². The van der Waals surface area contributed by atoms with Crippen LogP contribution >= 0.6 is 0 Å². The van der Waals surface area contributed by atoms with E-state index >= 15 is 0 Å². The lowest BCUT2D eigenvalue weighted by Crippen LogP contribution is -1.81. The number of nitrogens with zero attached hydrogens (tertiary/aromatic N) is 1. The van der Waals surface area contributed by atoms with Gasteiger partial charge < -0.3 is 0 Å². The molecule has 0 aliphatic heterocycles. The molecule has 0 bridgehead atoms. The van der Waals surface area contributed by atoms with E-state index in [-0.39, 0.29) is 0 Å². The van der Waals surface area contributed by atoms with E-state index < -0.39 is 6.67 Å². The fraction of sp³-hybridized carbons (Fsp3) is 0.100. The molecule has 0 radical (unpaired) electrons. The van der Waals surface area contributed by atoms with Crippen LogP contribution in [0.25, 0.3) is 0 Å².